The van der Waals surface area contributed by atoms with Crippen LogP contribution in [0.1, 0.15) is 36.1 Å². The van der Waals surface area contributed by atoms with Crippen LogP contribution in [0.2, 0.25) is 0 Å². The molecular weight excluding hydrogens is 397 g/mol. The first-order chi connectivity index (χ1) is 14.1. The molecule has 0 aliphatic heterocycles. The molecule has 0 N–H and O–H groups in total. The van der Waals surface area contributed by atoms with E-state index < -0.39 is 17.8 Å². The van der Waals surface area contributed by atoms with E-state index in [9.17, 15) is 22.8 Å². The number of carbonyl (C=O) groups is 2. The van der Waals surface area contributed by atoms with E-state index in [-0.39, 0.29) is 18.8 Å². The van der Waals surface area contributed by atoms with Gasteiger partial charge in [0.1, 0.15) is 5.75 Å². The molecule has 0 heterocycles. The maximum atomic E-state index is 12.9. The number of aryl methyl sites for hydroxylation is 2. The minimum Gasteiger partial charge on any atom is -0.493 e. The molecule has 30 heavy (non-hydrogen) atoms. The molecule has 8 heteroatoms. The quantitative estimate of drug-likeness (QED) is 0.567. The molecule has 0 aliphatic rings. The Bertz CT molecular complexity index is 872. The third kappa shape index (κ3) is 5.31. The van der Waals surface area contributed by atoms with E-state index in [0.29, 0.717) is 13.0 Å². The molecule has 0 saturated heterocycles. The van der Waals surface area contributed by atoms with Crippen molar-refractivity contribution in [2.45, 2.75) is 40.4 Å². The first kappa shape index (κ1) is 23.3. The van der Waals surface area contributed by atoms with Gasteiger partial charge < -0.3 is 4.74 Å². The number of imide groups is 1. The number of ether oxygens (including phenoxy) is 1. The van der Waals surface area contributed by atoms with Crippen LogP contribution in [0, 0.1) is 13.8 Å². The van der Waals surface area contributed by atoms with Crippen LogP contribution in [0.3, 0.4) is 0 Å². The molecule has 2 aromatic rings. The first-order valence-electron chi connectivity index (χ1n) is 9.55. The molecule has 5 nitrogen and oxygen atoms in total. The lowest BCUT2D eigenvalue weighted by Crippen LogP contribution is -2.42. The number of alkyl halides is 3. The Balaban J connectivity index is 2.24. The average molecular weight is 422 g/mol. The summed E-state index contributed by atoms with van der Waals surface area (Å²) in [6.45, 7) is 8.09. The molecule has 0 spiro atoms. The highest BCUT2D eigenvalue weighted by atomic mass is 19.4. The maximum Gasteiger partial charge on any atom is 0.416 e. The van der Waals surface area contributed by atoms with E-state index in [1.165, 1.54) is 17.0 Å². The molecule has 2 aromatic carbocycles. The number of urea groups is 1. The van der Waals surface area contributed by atoms with Crippen LogP contribution < -0.4 is 9.64 Å². The second-order valence-corrected chi connectivity index (χ2v) is 6.80. The number of amides is 3. The molecule has 0 atom stereocenters. The average Bonchev–Trinajstić information content (AvgIpc) is 2.69. The van der Waals surface area contributed by atoms with E-state index in [0.717, 1.165) is 39.5 Å². The van der Waals surface area contributed by atoms with Crippen LogP contribution >= 0.6 is 0 Å². The summed E-state index contributed by atoms with van der Waals surface area (Å²) in [5.74, 6) is 0.769. The third-order valence-corrected chi connectivity index (χ3v) is 4.59. The van der Waals surface area contributed by atoms with Crippen molar-refractivity contribution >= 4 is 18.1 Å². The standard InChI is InChI=1S/C22H25F3N2O3/c1-5-27(19-9-7-18(8-10-19)22(23,24)25)21(29)26(14-28)13-17-11-15(3)20(30-6-2)16(4)12-17/h7-12,14H,5-6,13H2,1-4H3. The van der Waals surface area contributed by atoms with Crippen molar-refractivity contribution in [1.29, 1.82) is 0 Å². The Kier molecular flexibility index (Phi) is 7.48. The van der Waals surface area contributed by atoms with Gasteiger partial charge in [0.05, 0.1) is 18.7 Å². The Morgan fingerprint density at radius 3 is 2.07 bits per heavy atom. The Morgan fingerprint density at radius 2 is 1.63 bits per heavy atom. The minimum atomic E-state index is -4.46. The van der Waals surface area contributed by atoms with Gasteiger partial charge >= 0.3 is 12.2 Å². The lowest BCUT2D eigenvalue weighted by Gasteiger charge is -2.27. The van der Waals surface area contributed by atoms with Gasteiger partial charge in [-0.15, -0.1) is 0 Å². The van der Waals surface area contributed by atoms with Gasteiger partial charge in [0.2, 0.25) is 6.41 Å². The summed E-state index contributed by atoms with van der Waals surface area (Å²) in [7, 11) is 0. The van der Waals surface area contributed by atoms with Crippen molar-refractivity contribution in [3.8, 4) is 5.75 Å². The van der Waals surface area contributed by atoms with E-state index in [1.807, 2.05) is 32.9 Å². The molecule has 0 bridgehead atoms. The molecular formula is C22H25F3N2O3. The zero-order valence-electron chi connectivity index (χ0n) is 17.4. The van der Waals surface area contributed by atoms with Crippen LogP contribution in [0.25, 0.3) is 0 Å². The van der Waals surface area contributed by atoms with E-state index in [1.54, 1.807) is 6.92 Å². The molecule has 0 aliphatic carbocycles. The Hall–Kier alpha value is -3.03. The van der Waals surface area contributed by atoms with Crippen molar-refractivity contribution < 1.29 is 27.5 Å². The van der Waals surface area contributed by atoms with Gasteiger partial charge in [-0.3, -0.25) is 14.6 Å². The van der Waals surface area contributed by atoms with Gasteiger partial charge in [0.25, 0.3) is 0 Å². The van der Waals surface area contributed by atoms with E-state index >= 15 is 0 Å². The summed E-state index contributed by atoms with van der Waals surface area (Å²) in [5, 5.41) is 0. The van der Waals surface area contributed by atoms with Crippen molar-refractivity contribution in [1.82, 2.24) is 4.90 Å². The third-order valence-electron chi connectivity index (χ3n) is 4.59. The highest BCUT2D eigenvalue weighted by Crippen LogP contribution is 2.31. The number of halogens is 3. The zero-order valence-corrected chi connectivity index (χ0v) is 17.4. The van der Waals surface area contributed by atoms with Gasteiger partial charge in [-0.05, 0) is 68.7 Å². The molecule has 0 aromatic heterocycles. The summed E-state index contributed by atoms with van der Waals surface area (Å²) in [6.07, 6.45) is -4.03. The summed E-state index contributed by atoms with van der Waals surface area (Å²) in [6, 6.07) is 7.34. The summed E-state index contributed by atoms with van der Waals surface area (Å²) in [5.41, 5.74) is 2.00. The molecule has 0 unspecified atom stereocenters. The predicted octanol–water partition coefficient (Wildman–Crippen LogP) is 5.33. The molecule has 0 fully saturated rings. The highest BCUT2D eigenvalue weighted by molar-refractivity contribution is 5.97. The van der Waals surface area contributed by atoms with Crippen LogP contribution in [0.15, 0.2) is 36.4 Å². The van der Waals surface area contributed by atoms with Crippen LogP contribution in [0.4, 0.5) is 23.7 Å². The van der Waals surface area contributed by atoms with Crippen LogP contribution in [0.5, 0.6) is 5.75 Å². The number of rotatable bonds is 7. The lowest BCUT2D eigenvalue weighted by atomic mass is 10.1. The fourth-order valence-electron chi connectivity index (χ4n) is 3.26. The molecule has 0 saturated carbocycles. The SMILES string of the molecule is CCOc1c(C)cc(CN(C=O)C(=O)N(CC)c2ccc(C(F)(F)F)cc2)cc1C. The Labute approximate surface area is 174 Å². The van der Waals surface area contributed by atoms with Crippen molar-refractivity contribution in [3.63, 3.8) is 0 Å². The number of anilines is 1. The lowest BCUT2D eigenvalue weighted by molar-refractivity contribution is -0.137. The maximum absolute atomic E-state index is 12.9. The fraction of sp³-hybridized carbons (Fsp3) is 0.364. The monoisotopic (exact) mass is 422 g/mol. The van der Waals surface area contributed by atoms with Gasteiger partial charge in [0.15, 0.2) is 0 Å². The second-order valence-electron chi connectivity index (χ2n) is 6.80. The number of carbonyl (C=O) groups excluding carboxylic acids is 2. The van der Waals surface area contributed by atoms with Gasteiger partial charge in [0, 0.05) is 12.2 Å². The number of hydrogen-bond acceptors (Lipinski definition) is 3. The second kappa shape index (κ2) is 9.65. The van der Waals surface area contributed by atoms with Crippen LogP contribution in [-0.4, -0.2) is 30.5 Å². The largest absolute Gasteiger partial charge is 0.493 e. The zero-order chi connectivity index (χ0) is 22.5. The number of nitrogens with zero attached hydrogens (tertiary/aromatic N) is 2. The van der Waals surface area contributed by atoms with Gasteiger partial charge in [-0.2, -0.15) is 13.2 Å². The molecule has 162 valence electrons. The molecule has 3 amide bonds. The predicted molar refractivity (Wildman–Crippen MR) is 109 cm³/mol. The fourth-order valence-corrected chi connectivity index (χ4v) is 3.26. The van der Waals surface area contributed by atoms with Crippen molar-refractivity contribution in [2.75, 3.05) is 18.1 Å². The Morgan fingerprint density at radius 1 is 1.07 bits per heavy atom. The smallest absolute Gasteiger partial charge is 0.416 e. The van der Waals surface area contributed by atoms with Crippen molar-refractivity contribution in [3.05, 3.63) is 58.7 Å². The van der Waals surface area contributed by atoms with E-state index in [4.69, 9.17) is 4.74 Å². The van der Waals surface area contributed by atoms with Gasteiger partial charge in [-0.25, -0.2) is 4.79 Å². The highest BCUT2D eigenvalue weighted by Gasteiger charge is 2.30. The first-order valence-corrected chi connectivity index (χ1v) is 9.55. The molecule has 0 radical (unpaired) electrons. The summed E-state index contributed by atoms with van der Waals surface area (Å²) in [4.78, 5) is 26.8. The van der Waals surface area contributed by atoms with Gasteiger partial charge in [-0.1, -0.05) is 12.1 Å². The molecule has 2 rings (SSSR count). The topological polar surface area (TPSA) is 49.9 Å². The number of hydrogen-bond donors (Lipinski definition) is 0. The van der Waals surface area contributed by atoms with Crippen LogP contribution in [-0.2, 0) is 17.5 Å². The summed E-state index contributed by atoms with van der Waals surface area (Å²) >= 11 is 0. The van der Waals surface area contributed by atoms with E-state index in [2.05, 4.69) is 0 Å². The van der Waals surface area contributed by atoms with Crippen molar-refractivity contribution in [2.24, 2.45) is 0 Å². The number of benzene rings is 2. The normalized spacial score (nSPS) is 11.2. The minimum absolute atomic E-state index is 0.0353. The summed E-state index contributed by atoms with van der Waals surface area (Å²) < 4.78 is 44.0.